The highest BCUT2D eigenvalue weighted by atomic mass is 32.2. The van der Waals surface area contributed by atoms with E-state index in [2.05, 4.69) is 4.98 Å². The van der Waals surface area contributed by atoms with Crippen LogP contribution in [0.3, 0.4) is 0 Å². The van der Waals surface area contributed by atoms with Crippen molar-refractivity contribution in [3.05, 3.63) is 83.2 Å². The zero-order valence-corrected chi connectivity index (χ0v) is 20.4. The van der Waals surface area contributed by atoms with Crippen LogP contribution in [0.2, 0.25) is 0 Å². The van der Waals surface area contributed by atoms with Crippen molar-refractivity contribution < 1.29 is 36.2 Å². The molecule has 2 heterocycles. The third-order valence-corrected chi connectivity index (χ3v) is 7.51. The highest BCUT2D eigenvalue weighted by molar-refractivity contribution is 7.92. The maximum atomic E-state index is 13.6. The summed E-state index contributed by atoms with van der Waals surface area (Å²) in [6, 6.07) is 13.3. The summed E-state index contributed by atoms with van der Waals surface area (Å²) in [7, 11) is -4.50. The summed E-state index contributed by atoms with van der Waals surface area (Å²) in [5, 5.41) is 18.3. The molecule has 38 heavy (non-hydrogen) atoms. The quantitative estimate of drug-likeness (QED) is 0.447. The number of sulfonamides is 1. The molecule has 196 valence electrons. The standard InChI is InChI=1S/C26H20F3N3O5S/c27-26(28,29)19-4-1-5-21(14-19)38(35,36)32-16-20(8-11-25(33)34)37-24-10-7-17(13-23(24)32)6-9-22-18(15-30)3-2-12-31-22/h1-7,9-10,12-14,20H,8,11,16H2,(H,33,34). The first kappa shape index (κ1) is 26.7. The molecule has 0 aliphatic carbocycles. The van der Waals surface area contributed by atoms with Gasteiger partial charge in [0, 0.05) is 12.6 Å². The smallest absolute Gasteiger partial charge is 0.416 e. The van der Waals surface area contributed by atoms with Gasteiger partial charge in [-0.3, -0.25) is 14.1 Å². The molecule has 1 atom stereocenters. The summed E-state index contributed by atoms with van der Waals surface area (Å²) in [5.41, 5.74) is 0.203. The molecule has 3 aromatic rings. The van der Waals surface area contributed by atoms with Gasteiger partial charge >= 0.3 is 12.1 Å². The summed E-state index contributed by atoms with van der Waals surface area (Å²) in [6.45, 7) is -0.301. The van der Waals surface area contributed by atoms with Gasteiger partial charge in [0.1, 0.15) is 17.9 Å². The second-order valence-electron chi connectivity index (χ2n) is 8.34. The number of hydrogen-bond acceptors (Lipinski definition) is 6. The van der Waals surface area contributed by atoms with E-state index in [0.29, 0.717) is 22.9 Å². The number of carboxylic acids is 1. The largest absolute Gasteiger partial charge is 0.486 e. The number of rotatable bonds is 7. The molecule has 0 spiro atoms. The third kappa shape index (κ3) is 5.78. The van der Waals surface area contributed by atoms with Gasteiger partial charge in [-0.15, -0.1) is 0 Å². The van der Waals surface area contributed by atoms with E-state index in [4.69, 9.17) is 9.84 Å². The Labute approximate surface area is 216 Å². The fourth-order valence-corrected chi connectivity index (χ4v) is 5.42. The summed E-state index contributed by atoms with van der Waals surface area (Å²) < 4.78 is 73.9. The molecule has 0 saturated heterocycles. The first-order valence-electron chi connectivity index (χ1n) is 11.2. The number of alkyl halides is 3. The number of anilines is 1. The Morgan fingerprint density at radius 2 is 1.97 bits per heavy atom. The van der Waals surface area contributed by atoms with Gasteiger partial charge in [0.25, 0.3) is 10.0 Å². The molecule has 1 N–H and O–H groups in total. The topological polar surface area (TPSA) is 121 Å². The van der Waals surface area contributed by atoms with E-state index < -0.39 is 38.7 Å². The Morgan fingerprint density at radius 3 is 2.68 bits per heavy atom. The molecule has 0 radical (unpaired) electrons. The summed E-state index contributed by atoms with van der Waals surface area (Å²) in [6.07, 6.45) is -1.19. The number of nitriles is 1. The molecule has 8 nitrogen and oxygen atoms in total. The van der Waals surface area contributed by atoms with Gasteiger partial charge in [0.05, 0.1) is 33.9 Å². The molecule has 1 unspecified atom stereocenters. The van der Waals surface area contributed by atoms with Gasteiger partial charge in [-0.05, 0) is 60.5 Å². The SMILES string of the molecule is N#Cc1cccnc1C=Cc1ccc2c(c1)N(S(=O)(=O)c1cccc(C(F)(F)F)c1)CC(CCC(=O)O)O2. The number of nitrogens with zero attached hydrogens (tertiary/aromatic N) is 3. The molecule has 1 aliphatic rings. The number of halogens is 3. The van der Waals surface area contributed by atoms with Crippen LogP contribution in [-0.2, 0) is 21.0 Å². The molecule has 4 rings (SSSR count). The minimum atomic E-state index is -4.75. The number of aliphatic carboxylic acids is 1. The van der Waals surface area contributed by atoms with Crippen LogP contribution in [-0.4, -0.2) is 37.1 Å². The number of fused-ring (bicyclic) bond motifs is 1. The van der Waals surface area contributed by atoms with Gasteiger partial charge in [-0.2, -0.15) is 18.4 Å². The lowest BCUT2D eigenvalue weighted by Gasteiger charge is -2.35. The number of carbonyl (C=O) groups is 1. The van der Waals surface area contributed by atoms with E-state index in [1.54, 1.807) is 30.4 Å². The highest BCUT2D eigenvalue weighted by Crippen LogP contribution is 2.40. The predicted molar refractivity (Wildman–Crippen MR) is 132 cm³/mol. The van der Waals surface area contributed by atoms with Crippen molar-refractivity contribution in [1.29, 1.82) is 5.26 Å². The molecule has 0 saturated carbocycles. The maximum Gasteiger partial charge on any atom is 0.416 e. The lowest BCUT2D eigenvalue weighted by Crippen LogP contribution is -2.43. The van der Waals surface area contributed by atoms with E-state index in [-0.39, 0.29) is 30.8 Å². The molecule has 2 aromatic carbocycles. The summed E-state index contributed by atoms with van der Waals surface area (Å²) in [4.78, 5) is 14.6. The molecule has 1 aromatic heterocycles. The molecular formula is C26H20F3N3O5S. The van der Waals surface area contributed by atoms with Crippen molar-refractivity contribution in [2.45, 2.75) is 30.0 Å². The minimum Gasteiger partial charge on any atom is -0.486 e. The van der Waals surface area contributed by atoms with Crippen LogP contribution in [0.1, 0.15) is 35.2 Å². The normalized spacial score (nSPS) is 15.5. The minimum absolute atomic E-state index is 0.0123. The Kier molecular flexibility index (Phi) is 7.41. The van der Waals surface area contributed by atoms with Crippen LogP contribution < -0.4 is 9.04 Å². The maximum absolute atomic E-state index is 13.6. The van der Waals surface area contributed by atoms with Crippen molar-refractivity contribution in [3.8, 4) is 11.8 Å². The highest BCUT2D eigenvalue weighted by Gasteiger charge is 2.37. The van der Waals surface area contributed by atoms with E-state index in [0.717, 1.165) is 22.5 Å². The zero-order chi connectivity index (χ0) is 27.5. The van der Waals surface area contributed by atoms with Crippen LogP contribution in [0, 0.1) is 11.3 Å². The van der Waals surface area contributed by atoms with Crippen LogP contribution in [0.15, 0.2) is 65.7 Å². The zero-order valence-electron chi connectivity index (χ0n) is 19.6. The molecule has 12 heteroatoms. The van der Waals surface area contributed by atoms with Gasteiger partial charge < -0.3 is 9.84 Å². The van der Waals surface area contributed by atoms with Gasteiger partial charge in [-0.1, -0.05) is 18.2 Å². The van der Waals surface area contributed by atoms with Crippen LogP contribution in [0.25, 0.3) is 12.2 Å². The average Bonchev–Trinajstić information content (AvgIpc) is 2.89. The Balaban J connectivity index is 1.76. The van der Waals surface area contributed by atoms with E-state index in [1.165, 1.54) is 18.3 Å². The van der Waals surface area contributed by atoms with Crippen molar-refractivity contribution in [3.63, 3.8) is 0 Å². The lowest BCUT2D eigenvalue weighted by atomic mass is 10.1. The number of ether oxygens (including phenoxy) is 1. The molecule has 0 bridgehead atoms. The molecule has 1 aliphatic heterocycles. The molecule has 0 amide bonds. The third-order valence-electron chi connectivity index (χ3n) is 5.74. The fraction of sp³-hybridized carbons (Fsp3) is 0.192. The Bertz CT molecular complexity index is 1550. The average molecular weight is 544 g/mol. The summed E-state index contributed by atoms with van der Waals surface area (Å²) >= 11 is 0. The van der Waals surface area contributed by atoms with Crippen LogP contribution in [0.5, 0.6) is 5.75 Å². The second kappa shape index (κ2) is 10.5. The summed E-state index contributed by atoms with van der Waals surface area (Å²) in [5.74, 6) is -0.965. The van der Waals surface area contributed by atoms with Crippen molar-refractivity contribution >= 4 is 33.8 Å². The number of hydrogen-bond donors (Lipinski definition) is 1. The van der Waals surface area contributed by atoms with Gasteiger partial charge in [0.2, 0.25) is 0 Å². The predicted octanol–water partition coefficient (Wildman–Crippen LogP) is 4.96. The first-order chi connectivity index (χ1) is 18.0. The number of benzene rings is 2. The Hall–Kier alpha value is -4.37. The number of aromatic nitrogens is 1. The van der Waals surface area contributed by atoms with Gasteiger partial charge in [0.15, 0.2) is 0 Å². The lowest BCUT2D eigenvalue weighted by molar-refractivity contribution is -0.138. The monoisotopic (exact) mass is 543 g/mol. The van der Waals surface area contributed by atoms with Crippen molar-refractivity contribution in [2.24, 2.45) is 0 Å². The number of pyridine rings is 1. The fourth-order valence-electron chi connectivity index (χ4n) is 3.88. The first-order valence-corrected chi connectivity index (χ1v) is 12.7. The van der Waals surface area contributed by atoms with Crippen molar-refractivity contribution in [1.82, 2.24) is 4.98 Å². The van der Waals surface area contributed by atoms with E-state index in [1.807, 2.05) is 6.07 Å². The van der Waals surface area contributed by atoms with E-state index >= 15 is 0 Å². The second-order valence-corrected chi connectivity index (χ2v) is 10.2. The Morgan fingerprint density at radius 1 is 1.18 bits per heavy atom. The molecular weight excluding hydrogens is 523 g/mol. The van der Waals surface area contributed by atoms with Gasteiger partial charge in [-0.25, -0.2) is 8.42 Å². The van der Waals surface area contributed by atoms with Crippen LogP contribution >= 0.6 is 0 Å². The van der Waals surface area contributed by atoms with E-state index in [9.17, 15) is 31.6 Å². The molecule has 0 fully saturated rings. The van der Waals surface area contributed by atoms with Crippen LogP contribution in [0.4, 0.5) is 18.9 Å². The number of carboxylic acid groups (broad SMARTS) is 1. The van der Waals surface area contributed by atoms with Crippen molar-refractivity contribution in [2.75, 3.05) is 10.8 Å².